The first kappa shape index (κ1) is 15.7. The van der Waals surface area contributed by atoms with E-state index in [1.165, 1.54) is 12.1 Å². The number of rotatable bonds is 2. The fraction of sp³-hybridized carbons (Fsp3) is 0.150. The molecule has 3 N–H and O–H groups in total. The highest BCUT2D eigenvalue weighted by Crippen LogP contribution is 2.33. The Bertz CT molecular complexity index is 1160. The molecule has 4 aromatic rings. The average Bonchev–Trinajstić information content (AvgIpc) is 3.10. The zero-order valence-electron chi connectivity index (χ0n) is 14.3. The van der Waals surface area contributed by atoms with Crippen molar-refractivity contribution in [2.75, 3.05) is 12.3 Å². The fourth-order valence-corrected chi connectivity index (χ4v) is 3.46. The number of ether oxygens (including phenoxy) is 1. The van der Waals surface area contributed by atoms with Crippen LogP contribution < -0.4 is 10.5 Å². The molecule has 0 fully saturated rings. The Kier molecular flexibility index (Phi) is 3.53. The van der Waals surface area contributed by atoms with E-state index in [4.69, 9.17) is 15.5 Å². The molecule has 0 radical (unpaired) electrons. The number of fused-ring (bicyclic) bond motifs is 2. The van der Waals surface area contributed by atoms with E-state index in [1.807, 2.05) is 24.3 Å². The van der Waals surface area contributed by atoms with Crippen LogP contribution in [0.4, 0.5) is 10.3 Å². The standard InChI is InChI=1S/C20H16FN5O/c21-14-2-4-18-12(8-14)7-13(10-27-18)19-24-16-3-1-11(9-17(16)25-19)15-5-6-23-20(22)26-15/h1-6,8-9,13H,7,10H2,(H,24,25)(H2,22,23,26). The predicted octanol–water partition coefficient (Wildman–Crippen LogP) is 3.46. The molecular formula is C20H16FN5O. The van der Waals surface area contributed by atoms with E-state index in [1.54, 1.807) is 12.3 Å². The minimum atomic E-state index is -0.253. The number of anilines is 1. The summed E-state index contributed by atoms with van der Waals surface area (Å²) in [5.74, 6) is 1.61. The van der Waals surface area contributed by atoms with Gasteiger partial charge in [-0.25, -0.2) is 19.3 Å². The molecule has 2 aromatic carbocycles. The lowest BCUT2D eigenvalue weighted by atomic mass is 9.96. The van der Waals surface area contributed by atoms with Crippen molar-refractivity contribution in [3.63, 3.8) is 0 Å². The second kappa shape index (κ2) is 6.05. The second-order valence-corrected chi connectivity index (χ2v) is 6.62. The van der Waals surface area contributed by atoms with Gasteiger partial charge in [0, 0.05) is 11.8 Å². The molecule has 1 atom stereocenters. The van der Waals surface area contributed by atoms with E-state index < -0.39 is 0 Å². The summed E-state index contributed by atoms with van der Waals surface area (Å²) in [5.41, 5.74) is 10.00. The number of hydrogen-bond donors (Lipinski definition) is 2. The number of benzene rings is 2. The first-order valence-electron chi connectivity index (χ1n) is 8.65. The quantitative estimate of drug-likeness (QED) is 0.571. The van der Waals surface area contributed by atoms with Crippen LogP contribution in [-0.4, -0.2) is 26.5 Å². The van der Waals surface area contributed by atoms with Crippen molar-refractivity contribution >= 4 is 17.0 Å². The lowest BCUT2D eigenvalue weighted by molar-refractivity contribution is 0.258. The molecule has 0 bridgehead atoms. The zero-order chi connectivity index (χ0) is 18.4. The molecule has 27 heavy (non-hydrogen) atoms. The Morgan fingerprint density at radius 3 is 2.93 bits per heavy atom. The van der Waals surface area contributed by atoms with Crippen molar-refractivity contribution in [1.82, 2.24) is 19.9 Å². The summed E-state index contributed by atoms with van der Waals surface area (Å²) in [6.07, 6.45) is 2.32. The van der Waals surface area contributed by atoms with Crippen LogP contribution in [0, 0.1) is 5.82 Å². The molecule has 0 aliphatic carbocycles. The molecule has 0 spiro atoms. The van der Waals surface area contributed by atoms with E-state index in [-0.39, 0.29) is 17.7 Å². The lowest BCUT2D eigenvalue weighted by Crippen LogP contribution is -2.20. The molecule has 134 valence electrons. The number of nitrogens with one attached hydrogen (secondary N) is 1. The molecule has 1 aliphatic heterocycles. The van der Waals surface area contributed by atoms with Crippen molar-refractivity contribution in [1.29, 1.82) is 0 Å². The van der Waals surface area contributed by atoms with E-state index in [0.29, 0.717) is 13.0 Å². The number of aromatic amines is 1. The smallest absolute Gasteiger partial charge is 0.220 e. The Balaban J connectivity index is 1.48. The number of H-pyrrole nitrogens is 1. The van der Waals surface area contributed by atoms with Gasteiger partial charge in [-0.15, -0.1) is 0 Å². The van der Waals surface area contributed by atoms with Gasteiger partial charge in [-0.3, -0.25) is 0 Å². The summed E-state index contributed by atoms with van der Waals surface area (Å²) in [7, 11) is 0. The Labute approximate surface area is 154 Å². The van der Waals surface area contributed by atoms with E-state index in [2.05, 4.69) is 15.0 Å². The van der Waals surface area contributed by atoms with Gasteiger partial charge in [0.25, 0.3) is 0 Å². The largest absolute Gasteiger partial charge is 0.493 e. The third-order valence-corrected chi connectivity index (χ3v) is 4.79. The van der Waals surface area contributed by atoms with Crippen LogP contribution in [0.1, 0.15) is 17.3 Å². The molecule has 0 saturated heterocycles. The number of imidazole rings is 1. The van der Waals surface area contributed by atoms with Crippen molar-refractivity contribution < 1.29 is 9.13 Å². The van der Waals surface area contributed by atoms with E-state index >= 15 is 0 Å². The van der Waals surface area contributed by atoms with Crippen LogP contribution in [0.25, 0.3) is 22.3 Å². The lowest BCUT2D eigenvalue weighted by Gasteiger charge is -2.23. The van der Waals surface area contributed by atoms with Crippen molar-refractivity contribution in [2.24, 2.45) is 0 Å². The Morgan fingerprint density at radius 1 is 1.11 bits per heavy atom. The monoisotopic (exact) mass is 361 g/mol. The van der Waals surface area contributed by atoms with Gasteiger partial charge in [-0.2, -0.15) is 0 Å². The van der Waals surface area contributed by atoms with E-state index in [9.17, 15) is 4.39 Å². The maximum atomic E-state index is 13.5. The van der Waals surface area contributed by atoms with Gasteiger partial charge in [-0.1, -0.05) is 6.07 Å². The first-order chi connectivity index (χ1) is 13.2. The molecule has 6 nitrogen and oxygen atoms in total. The third kappa shape index (κ3) is 2.87. The van der Waals surface area contributed by atoms with Gasteiger partial charge < -0.3 is 15.5 Å². The van der Waals surface area contributed by atoms with Gasteiger partial charge in [0.1, 0.15) is 17.4 Å². The van der Waals surface area contributed by atoms with E-state index in [0.717, 1.165) is 39.4 Å². The summed E-state index contributed by atoms with van der Waals surface area (Å²) < 4.78 is 19.3. The van der Waals surface area contributed by atoms with Crippen LogP contribution in [0.5, 0.6) is 5.75 Å². The maximum Gasteiger partial charge on any atom is 0.220 e. The normalized spacial score (nSPS) is 16.1. The molecule has 7 heteroatoms. The molecule has 1 unspecified atom stereocenters. The highest BCUT2D eigenvalue weighted by atomic mass is 19.1. The third-order valence-electron chi connectivity index (χ3n) is 4.79. The van der Waals surface area contributed by atoms with Crippen molar-refractivity contribution in [3.8, 4) is 17.0 Å². The second-order valence-electron chi connectivity index (χ2n) is 6.62. The summed E-state index contributed by atoms with van der Waals surface area (Å²) in [6, 6.07) is 12.3. The number of aromatic nitrogens is 4. The Morgan fingerprint density at radius 2 is 2.04 bits per heavy atom. The van der Waals surface area contributed by atoms with Crippen LogP contribution in [-0.2, 0) is 6.42 Å². The molecule has 3 heterocycles. The minimum absolute atomic E-state index is 0.0462. The number of nitrogen functional groups attached to an aromatic ring is 1. The maximum absolute atomic E-state index is 13.5. The number of halogens is 1. The topological polar surface area (TPSA) is 89.7 Å². The number of nitrogens with zero attached hydrogens (tertiary/aromatic N) is 3. The van der Waals surface area contributed by atoms with Gasteiger partial charge in [0.05, 0.1) is 29.3 Å². The Hall–Kier alpha value is -3.48. The highest BCUT2D eigenvalue weighted by molar-refractivity contribution is 5.81. The number of nitrogens with two attached hydrogens (primary N) is 1. The molecule has 0 saturated carbocycles. The van der Waals surface area contributed by atoms with Crippen LogP contribution in [0.15, 0.2) is 48.7 Å². The average molecular weight is 361 g/mol. The molecular weight excluding hydrogens is 345 g/mol. The highest BCUT2D eigenvalue weighted by Gasteiger charge is 2.24. The SMILES string of the molecule is Nc1nccc(-c2ccc3nc(C4COc5ccc(F)cc5C4)[nH]c3c2)n1. The van der Waals surface area contributed by atoms with Gasteiger partial charge >= 0.3 is 0 Å². The van der Waals surface area contributed by atoms with Crippen LogP contribution in [0.3, 0.4) is 0 Å². The molecule has 1 aliphatic rings. The van der Waals surface area contributed by atoms with Crippen LogP contribution in [0.2, 0.25) is 0 Å². The van der Waals surface area contributed by atoms with Gasteiger partial charge in [0.15, 0.2) is 0 Å². The number of hydrogen-bond acceptors (Lipinski definition) is 5. The van der Waals surface area contributed by atoms with Gasteiger partial charge in [0.2, 0.25) is 5.95 Å². The van der Waals surface area contributed by atoms with Gasteiger partial charge in [-0.05, 0) is 48.4 Å². The fourth-order valence-electron chi connectivity index (χ4n) is 3.46. The summed E-state index contributed by atoms with van der Waals surface area (Å²) in [5, 5.41) is 0. The zero-order valence-corrected chi connectivity index (χ0v) is 14.3. The molecule has 5 rings (SSSR count). The summed E-state index contributed by atoms with van der Waals surface area (Å²) in [6.45, 7) is 0.508. The van der Waals surface area contributed by atoms with Crippen molar-refractivity contribution in [2.45, 2.75) is 12.3 Å². The molecule has 2 aromatic heterocycles. The minimum Gasteiger partial charge on any atom is -0.493 e. The first-order valence-corrected chi connectivity index (χ1v) is 8.65. The molecule has 0 amide bonds. The summed E-state index contributed by atoms with van der Waals surface area (Å²) in [4.78, 5) is 16.3. The van der Waals surface area contributed by atoms with Crippen molar-refractivity contribution in [3.05, 3.63) is 65.9 Å². The summed E-state index contributed by atoms with van der Waals surface area (Å²) >= 11 is 0. The van der Waals surface area contributed by atoms with Crippen LogP contribution >= 0.6 is 0 Å². The predicted molar refractivity (Wildman–Crippen MR) is 99.9 cm³/mol.